The van der Waals surface area contributed by atoms with Crippen molar-refractivity contribution in [2.24, 2.45) is 0 Å². The van der Waals surface area contributed by atoms with Gasteiger partial charge in [0.2, 0.25) is 0 Å². The lowest BCUT2D eigenvalue weighted by Crippen LogP contribution is -2.34. The number of hydrogen-bond donors (Lipinski definition) is 1. The third-order valence-corrected chi connectivity index (χ3v) is 3.76. The number of benzene rings is 1. The predicted octanol–water partition coefficient (Wildman–Crippen LogP) is 0.719. The lowest BCUT2D eigenvalue weighted by Gasteiger charge is -2.21. The summed E-state index contributed by atoms with van der Waals surface area (Å²) in [5, 5.41) is 24.8. The molecule has 0 atom stereocenters. The van der Waals surface area contributed by atoms with Gasteiger partial charge in [-0.25, -0.2) is 4.79 Å². The molecule has 1 amide bonds. The average Bonchev–Trinajstić information content (AvgIpc) is 3.34. The monoisotopic (exact) mass is 355 g/mol. The summed E-state index contributed by atoms with van der Waals surface area (Å²) in [4.78, 5) is 28.1. The molecule has 0 unspecified atom stereocenters. The van der Waals surface area contributed by atoms with Gasteiger partial charge in [-0.15, -0.1) is 5.10 Å². The topological polar surface area (TPSA) is 119 Å². The number of aromatic carboxylic acids is 1. The van der Waals surface area contributed by atoms with Gasteiger partial charge in [0.05, 0.1) is 36.4 Å². The van der Waals surface area contributed by atoms with Crippen molar-refractivity contribution in [1.29, 1.82) is 0 Å². The lowest BCUT2D eigenvalue weighted by molar-refractivity contribution is 0.0685. The smallest absolute Gasteiger partial charge is 0.358 e. The van der Waals surface area contributed by atoms with Crippen LogP contribution in [0.4, 0.5) is 0 Å². The maximum Gasteiger partial charge on any atom is 0.358 e. The Kier molecular flexibility index (Phi) is 5.02. The minimum Gasteiger partial charge on any atom is -0.476 e. The van der Waals surface area contributed by atoms with E-state index in [9.17, 15) is 9.59 Å². The van der Waals surface area contributed by atoms with Crippen molar-refractivity contribution in [2.45, 2.75) is 13.5 Å². The molecule has 2 aromatic heterocycles. The molecule has 0 aliphatic carbocycles. The lowest BCUT2D eigenvalue weighted by atomic mass is 10.1. The highest BCUT2D eigenvalue weighted by Gasteiger charge is 2.19. The average molecular weight is 355 g/mol. The SMILES string of the molecule is CCN(CCn1ncc(C(=O)O)n1)C(=O)c1ccccc1-n1nccn1. The molecular formula is C16H17N7O3. The second kappa shape index (κ2) is 7.55. The van der Waals surface area contributed by atoms with Gasteiger partial charge in [0, 0.05) is 13.1 Å². The van der Waals surface area contributed by atoms with E-state index in [0.717, 1.165) is 0 Å². The van der Waals surface area contributed by atoms with Gasteiger partial charge < -0.3 is 10.0 Å². The number of aromatic nitrogens is 6. The van der Waals surface area contributed by atoms with Crippen LogP contribution in [0, 0.1) is 0 Å². The number of amides is 1. The normalized spacial score (nSPS) is 10.7. The minimum atomic E-state index is -1.14. The van der Waals surface area contributed by atoms with Gasteiger partial charge >= 0.3 is 5.97 Å². The molecule has 0 fully saturated rings. The summed E-state index contributed by atoms with van der Waals surface area (Å²) in [5.74, 6) is -1.31. The van der Waals surface area contributed by atoms with Crippen molar-refractivity contribution >= 4 is 11.9 Å². The van der Waals surface area contributed by atoms with E-state index in [0.29, 0.717) is 24.3 Å². The van der Waals surface area contributed by atoms with Crippen molar-refractivity contribution in [2.75, 3.05) is 13.1 Å². The van der Waals surface area contributed by atoms with Crippen LogP contribution in [-0.2, 0) is 6.54 Å². The first-order chi connectivity index (χ1) is 12.6. The van der Waals surface area contributed by atoms with Gasteiger partial charge in [-0.1, -0.05) is 12.1 Å². The Hall–Kier alpha value is -3.56. The Bertz CT molecular complexity index is 904. The zero-order chi connectivity index (χ0) is 18.5. The number of likely N-dealkylation sites (N-methyl/N-ethyl adjacent to an activating group) is 1. The number of rotatable bonds is 7. The van der Waals surface area contributed by atoms with E-state index in [2.05, 4.69) is 20.4 Å². The van der Waals surface area contributed by atoms with Crippen molar-refractivity contribution in [3.05, 3.63) is 54.1 Å². The third kappa shape index (κ3) is 3.58. The van der Waals surface area contributed by atoms with E-state index in [1.54, 1.807) is 35.5 Å². The number of nitrogens with zero attached hydrogens (tertiary/aromatic N) is 7. The summed E-state index contributed by atoms with van der Waals surface area (Å²) < 4.78 is 0. The molecule has 0 aliphatic heterocycles. The number of carbonyl (C=O) groups is 2. The summed E-state index contributed by atoms with van der Waals surface area (Å²) in [6.45, 7) is 2.97. The zero-order valence-corrected chi connectivity index (χ0v) is 14.1. The van der Waals surface area contributed by atoms with E-state index in [1.807, 2.05) is 13.0 Å². The maximum absolute atomic E-state index is 12.9. The first-order valence-corrected chi connectivity index (χ1v) is 7.98. The Labute approximate surface area is 148 Å². The fraction of sp³-hybridized carbons (Fsp3) is 0.250. The highest BCUT2D eigenvalue weighted by Crippen LogP contribution is 2.15. The molecule has 0 saturated carbocycles. The van der Waals surface area contributed by atoms with Crippen molar-refractivity contribution in [3.8, 4) is 5.69 Å². The molecule has 0 aliphatic rings. The van der Waals surface area contributed by atoms with Crippen LogP contribution < -0.4 is 0 Å². The first-order valence-electron chi connectivity index (χ1n) is 7.98. The van der Waals surface area contributed by atoms with Crippen LogP contribution in [0.5, 0.6) is 0 Å². The van der Waals surface area contributed by atoms with Crippen LogP contribution in [0.25, 0.3) is 5.69 Å². The molecule has 26 heavy (non-hydrogen) atoms. The van der Waals surface area contributed by atoms with Crippen LogP contribution in [0.2, 0.25) is 0 Å². The molecule has 0 spiro atoms. The maximum atomic E-state index is 12.9. The van der Waals surface area contributed by atoms with E-state index in [4.69, 9.17) is 5.11 Å². The van der Waals surface area contributed by atoms with Gasteiger partial charge in [0.25, 0.3) is 5.91 Å². The number of carbonyl (C=O) groups excluding carboxylic acids is 1. The van der Waals surface area contributed by atoms with Crippen LogP contribution in [0.1, 0.15) is 27.8 Å². The summed E-state index contributed by atoms with van der Waals surface area (Å²) in [6, 6.07) is 7.09. The van der Waals surface area contributed by atoms with Crippen molar-refractivity contribution in [1.82, 2.24) is 34.9 Å². The van der Waals surface area contributed by atoms with Gasteiger partial charge in [-0.05, 0) is 19.1 Å². The molecule has 134 valence electrons. The number of carboxylic acids is 1. The van der Waals surface area contributed by atoms with E-state index in [1.165, 1.54) is 15.8 Å². The standard InChI is InChI=1S/C16H17N7O3/c1-2-21(9-10-22-19-11-13(20-22)16(25)26)15(24)12-5-3-4-6-14(12)23-17-7-8-18-23/h3-8,11H,2,9-10H2,1H3,(H,25,26). The molecule has 0 radical (unpaired) electrons. The summed E-state index contributed by atoms with van der Waals surface area (Å²) in [7, 11) is 0. The molecule has 10 nitrogen and oxygen atoms in total. The number of para-hydroxylation sites is 1. The van der Waals surface area contributed by atoms with E-state index < -0.39 is 5.97 Å². The number of hydrogen-bond acceptors (Lipinski definition) is 6. The number of carboxylic acid groups (broad SMARTS) is 1. The third-order valence-electron chi connectivity index (χ3n) is 3.76. The van der Waals surface area contributed by atoms with E-state index >= 15 is 0 Å². The molecule has 3 rings (SSSR count). The van der Waals surface area contributed by atoms with Crippen molar-refractivity contribution in [3.63, 3.8) is 0 Å². The zero-order valence-electron chi connectivity index (χ0n) is 14.1. The van der Waals surface area contributed by atoms with Gasteiger partial charge in [0.1, 0.15) is 0 Å². The largest absolute Gasteiger partial charge is 0.476 e. The van der Waals surface area contributed by atoms with Crippen molar-refractivity contribution < 1.29 is 14.7 Å². The highest BCUT2D eigenvalue weighted by molar-refractivity contribution is 5.97. The Morgan fingerprint density at radius 1 is 1.15 bits per heavy atom. The molecule has 1 N–H and O–H groups in total. The summed E-state index contributed by atoms with van der Waals surface area (Å²) >= 11 is 0. The first kappa shape index (κ1) is 17.3. The molecule has 3 aromatic rings. The Morgan fingerprint density at radius 2 is 1.88 bits per heavy atom. The molecule has 1 aromatic carbocycles. The van der Waals surface area contributed by atoms with Crippen LogP contribution >= 0.6 is 0 Å². The van der Waals surface area contributed by atoms with E-state index in [-0.39, 0.29) is 18.1 Å². The Morgan fingerprint density at radius 3 is 2.54 bits per heavy atom. The molecular weight excluding hydrogens is 338 g/mol. The fourth-order valence-corrected chi connectivity index (χ4v) is 2.46. The summed E-state index contributed by atoms with van der Waals surface area (Å²) in [5.41, 5.74) is 0.936. The second-order valence-corrected chi connectivity index (χ2v) is 5.35. The van der Waals surface area contributed by atoms with Gasteiger partial charge in [0.15, 0.2) is 5.69 Å². The molecule has 2 heterocycles. The van der Waals surface area contributed by atoms with Crippen LogP contribution in [0.3, 0.4) is 0 Å². The summed E-state index contributed by atoms with van der Waals surface area (Å²) in [6.07, 6.45) is 4.27. The molecule has 0 bridgehead atoms. The highest BCUT2D eigenvalue weighted by atomic mass is 16.4. The minimum absolute atomic E-state index is 0.130. The van der Waals surface area contributed by atoms with Gasteiger partial charge in [-0.2, -0.15) is 24.9 Å². The quantitative estimate of drug-likeness (QED) is 0.663. The predicted molar refractivity (Wildman–Crippen MR) is 89.9 cm³/mol. The van der Waals surface area contributed by atoms with Crippen LogP contribution in [0.15, 0.2) is 42.9 Å². The second-order valence-electron chi connectivity index (χ2n) is 5.35. The molecule has 10 heteroatoms. The molecule has 0 saturated heterocycles. The van der Waals surface area contributed by atoms with Crippen LogP contribution in [-0.4, -0.2) is 65.0 Å². The fourth-order valence-electron chi connectivity index (χ4n) is 2.46. The Balaban J connectivity index is 1.76. The van der Waals surface area contributed by atoms with Gasteiger partial charge in [-0.3, -0.25) is 4.79 Å².